The van der Waals surface area contributed by atoms with E-state index in [0.717, 1.165) is 35.1 Å². The second-order valence-corrected chi connectivity index (χ2v) is 6.34. The summed E-state index contributed by atoms with van der Waals surface area (Å²) in [6, 6.07) is 1.91. The summed E-state index contributed by atoms with van der Waals surface area (Å²) in [5.74, 6) is 0.0195. The summed E-state index contributed by atoms with van der Waals surface area (Å²) < 4.78 is 1.69. The van der Waals surface area contributed by atoms with Gasteiger partial charge in [0.25, 0.3) is 0 Å². The van der Waals surface area contributed by atoms with Crippen LogP contribution in [0.4, 0.5) is 0 Å². The minimum absolute atomic E-state index is 0. The molecule has 1 aliphatic rings. The Morgan fingerprint density at radius 3 is 3.08 bits per heavy atom. The first kappa shape index (κ1) is 14.9. The lowest BCUT2D eigenvalue weighted by Gasteiger charge is -2.16. The van der Waals surface area contributed by atoms with E-state index < -0.39 is 0 Å². The lowest BCUT2D eigenvalue weighted by atomic mass is 10.2. The smallest absolute Gasteiger partial charge is 0.244 e. The Balaban J connectivity index is 0.00000182. The molecule has 3 aromatic rings. The van der Waals surface area contributed by atoms with Crippen LogP contribution in [0.2, 0.25) is 0 Å². The summed E-state index contributed by atoms with van der Waals surface area (Å²) in [7, 11) is 0. The van der Waals surface area contributed by atoms with Crippen molar-refractivity contribution in [3.05, 3.63) is 31.0 Å². The zero-order valence-electron chi connectivity index (χ0n) is 13.6. The molecule has 7 nitrogen and oxygen atoms in total. The summed E-state index contributed by atoms with van der Waals surface area (Å²) in [6.45, 7) is 1.87. The van der Waals surface area contributed by atoms with Gasteiger partial charge in [0.05, 0.1) is 11.9 Å². The zero-order valence-corrected chi connectivity index (χ0v) is 13.6. The second-order valence-electron chi connectivity index (χ2n) is 6.34. The van der Waals surface area contributed by atoms with Crippen molar-refractivity contribution in [2.24, 2.45) is 0 Å². The third-order valence-corrected chi connectivity index (χ3v) is 4.71. The molecule has 0 radical (unpaired) electrons. The van der Waals surface area contributed by atoms with E-state index in [1.807, 2.05) is 25.4 Å². The maximum Gasteiger partial charge on any atom is 0.244 e. The maximum absolute atomic E-state index is 12.4. The summed E-state index contributed by atoms with van der Waals surface area (Å²) >= 11 is 0. The number of aromatic amines is 1. The quantitative estimate of drug-likeness (QED) is 0.771. The van der Waals surface area contributed by atoms with Crippen LogP contribution in [-0.4, -0.2) is 36.7 Å². The fourth-order valence-electron chi connectivity index (χ4n) is 3.29. The Hall–Kier alpha value is -2.70. The number of amides is 1. The minimum atomic E-state index is -0.345. The molecule has 3 heterocycles. The molecule has 1 saturated carbocycles. The van der Waals surface area contributed by atoms with E-state index in [0.29, 0.717) is 6.04 Å². The Labute approximate surface area is 141 Å². The van der Waals surface area contributed by atoms with E-state index >= 15 is 0 Å². The molecule has 0 aromatic carbocycles. The van der Waals surface area contributed by atoms with Crippen LogP contribution in [-0.2, 0) is 4.79 Å². The summed E-state index contributed by atoms with van der Waals surface area (Å²) in [5, 5.41) is 8.43. The number of rotatable bonds is 4. The number of nitrogens with one attached hydrogen (secondary N) is 2. The standard InChI is InChI=1S/C17H20N6O.H2/c1-11(17(24)22-13-4-2-3-5-13)23-9-12(8-21-23)15-14-6-7-18-16(14)20-10-19-15;/h6-11,13H,2-5H2,1H3,(H,22,24)(H,18,19,20);1H. The first-order valence-corrected chi connectivity index (χ1v) is 8.35. The number of hydrogen-bond acceptors (Lipinski definition) is 4. The molecule has 1 unspecified atom stereocenters. The van der Waals surface area contributed by atoms with Crippen molar-refractivity contribution >= 4 is 16.9 Å². The van der Waals surface area contributed by atoms with Gasteiger partial charge in [-0.05, 0) is 25.8 Å². The van der Waals surface area contributed by atoms with Crippen LogP contribution in [0.15, 0.2) is 31.0 Å². The third kappa shape index (κ3) is 2.66. The van der Waals surface area contributed by atoms with Gasteiger partial charge in [-0.2, -0.15) is 5.10 Å². The van der Waals surface area contributed by atoms with Crippen LogP contribution in [0.1, 0.15) is 40.1 Å². The highest BCUT2D eigenvalue weighted by molar-refractivity contribution is 5.90. The second kappa shape index (κ2) is 6.07. The first-order chi connectivity index (χ1) is 11.7. The summed E-state index contributed by atoms with van der Waals surface area (Å²) in [4.78, 5) is 24.1. The van der Waals surface area contributed by atoms with Crippen LogP contribution < -0.4 is 5.32 Å². The van der Waals surface area contributed by atoms with Crippen molar-refractivity contribution < 1.29 is 6.22 Å². The molecule has 1 atom stereocenters. The average Bonchev–Trinajstić information content (AvgIpc) is 3.34. The molecule has 0 bridgehead atoms. The SMILES string of the molecule is CC(C(=O)NC1CCCC1)n1cc(-c2ncnc3[nH]ccc23)cn1.[HH]. The van der Waals surface area contributed by atoms with E-state index in [1.54, 1.807) is 10.9 Å². The Bertz CT molecular complexity index is 867. The molecule has 24 heavy (non-hydrogen) atoms. The van der Waals surface area contributed by atoms with Crippen molar-refractivity contribution in [3.63, 3.8) is 0 Å². The number of carbonyl (C=O) groups excluding carboxylic acids is 1. The Kier molecular flexibility index (Phi) is 3.76. The zero-order chi connectivity index (χ0) is 16.5. The number of carbonyl (C=O) groups is 1. The van der Waals surface area contributed by atoms with Crippen molar-refractivity contribution in [1.82, 2.24) is 30.0 Å². The number of aromatic nitrogens is 5. The molecular formula is C17H22N6O. The lowest BCUT2D eigenvalue weighted by Crippen LogP contribution is -2.37. The van der Waals surface area contributed by atoms with E-state index in [-0.39, 0.29) is 13.4 Å². The molecule has 2 N–H and O–H groups in total. The Morgan fingerprint density at radius 2 is 2.25 bits per heavy atom. The van der Waals surface area contributed by atoms with Crippen molar-refractivity contribution in [3.8, 4) is 11.3 Å². The lowest BCUT2D eigenvalue weighted by molar-refractivity contribution is -0.124. The van der Waals surface area contributed by atoms with E-state index in [2.05, 4.69) is 25.4 Å². The predicted molar refractivity (Wildman–Crippen MR) is 92.3 cm³/mol. The van der Waals surface area contributed by atoms with Crippen LogP contribution in [0, 0.1) is 0 Å². The van der Waals surface area contributed by atoms with Crippen LogP contribution >= 0.6 is 0 Å². The van der Waals surface area contributed by atoms with Gasteiger partial charge in [0.2, 0.25) is 5.91 Å². The maximum atomic E-state index is 12.4. The Morgan fingerprint density at radius 1 is 1.42 bits per heavy atom. The van der Waals surface area contributed by atoms with Crippen LogP contribution in [0.3, 0.4) is 0 Å². The van der Waals surface area contributed by atoms with Gasteiger partial charge >= 0.3 is 0 Å². The number of fused-ring (bicyclic) bond motifs is 1. The van der Waals surface area contributed by atoms with Gasteiger partial charge in [-0.1, -0.05) is 12.8 Å². The van der Waals surface area contributed by atoms with Gasteiger partial charge < -0.3 is 10.3 Å². The normalized spacial score (nSPS) is 16.5. The average molecular weight is 326 g/mol. The van der Waals surface area contributed by atoms with Crippen LogP contribution in [0.5, 0.6) is 0 Å². The molecular weight excluding hydrogens is 304 g/mol. The molecule has 4 rings (SSSR count). The number of nitrogens with zero attached hydrogens (tertiary/aromatic N) is 4. The van der Waals surface area contributed by atoms with Crippen molar-refractivity contribution in [2.75, 3.05) is 0 Å². The molecule has 1 fully saturated rings. The molecule has 0 aliphatic heterocycles. The van der Waals surface area contributed by atoms with Crippen molar-refractivity contribution in [2.45, 2.75) is 44.7 Å². The highest BCUT2D eigenvalue weighted by Crippen LogP contribution is 2.25. The summed E-state index contributed by atoms with van der Waals surface area (Å²) in [6.07, 6.45) is 11.5. The van der Waals surface area contributed by atoms with E-state index in [9.17, 15) is 4.79 Å². The van der Waals surface area contributed by atoms with Gasteiger partial charge in [0.15, 0.2) is 0 Å². The van der Waals surface area contributed by atoms with Gasteiger partial charge in [-0.3, -0.25) is 9.48 Å². The van der Waals surface area contributed by atoms with Gasteiger partial charge in [0.1, 0.15) is 18.0 Å². The van der Waals surface area contributed by atoms with Gasteiger partial charge in [0, 0.05) is 30.8 Å². The third-order valence-electron chi connectivity index (χ3n) is 4.71. The molecule has 126 valence electrons. The largest absolute Gasteiger partial charge is 0.352 e. The number of hydrogen-bond donors (Lipinski definition) is 2. The highest BCUT2D eigenvalue weighted by atomic mass is 16.2. The minimum Gasteiger partial charge on any atom is -0.352 e. The van der Waals surface area contributed by atoms with Gasteiger partial charge in [-0.25, -0.2) is 9.97 Å². The summed E-state index contributed by atoms with van der Waals surface area (Å²) in [5.41, 5.74) is 2.48. The molecule has 0 spiro atoms. The molecule has 1 amide bonds. The molecule has 3 aromatic heterocycles. The molecule has 0 saturated heterocycles. The van der Waals surface area contributed by atoms with Gasteiger partial charge in [-0.15, -0.1) is 0 Å². The van der Waals surface area contributed by atoms with Crippen LogP contribution in [0.25, 0.3) is 22.3 Å². The van der Waals surface area contributed by atoms with E-state index in [4.69, 9.17) is 0 Å². The van der Waals surface area contributed by atoms with Crippen molar-refractivity contribution in [1.29, 1.82) is 0 Å². The predicted octanol–water partition coefficient (Wildman–Crippen LogP) is 2.69. The first-order valence-electron chi connectivity index (χ1n) is 8.35. The fourth-order valence-corrected chi connectivity index (χ4v) is 3.29. The fraction of sp³-hybridized carbons (Fsp3) is 0.412. The monoisotopic (exact) mass is 326 g/mol. The topological polar surface area (TPSA) is 88.5 Å². The number of H-pyrrole nitrogens is 1. The highest BCUT2D eigenvalue weighted by Gasteiger charge is 2.22. The molecule has 1 aliphatic carbocycles. The molecule has 7 heteroatoms. The van der Waals surface area contributed by atoms with E-state index in [1.165, 1.54) is 19.2 Å².